The third-order valence-corrected chi connectivity index (χ3v) is 2.49. The highest BCUT2D eigenvalue weighted by Gasteiger charge is 2.24. The average molecular weight is 203 g/mol. The van der Waals surface area contributed by atoms with Gasteiger partial charge in [0.05, 0.1) is 18.8 Å². The summed E-state index contributed by atoms with van der Waals surface area (Å²) in [5.41, 5.74) is -0.704. The molecule has 0 fully saturated rings. The van der Waals surface area contributed by atoms with Crippen LogP contribution in [0.1, 0.15) is 34.1 Å². The van der Waals surface area contributed by atoms with Crippen LogP contribution in [-0.2, 0) is 4.74 Å². The Kier molecular flexibility index (Phi) is 7.15. The zero-order chi connectivity index (χ0) is 11.0. The first-order valence-corrected chi connectivity index (χ1v) is 5.51. The first kappa shape index (κ1) is 13.9. The third-order valence-electron chi connectivity index (χ3n) is 2.49. The molecule has 0 aromatic carbocycles. The molecule has 0 aliphatic heterocycles. The van der Waals surface area contributed by atoms with Crippen molar-refractivity contribution >= 4 is 0 Å². The average Bonchev–Trinajstić information content (AvgIpc) is 2.10. The van der Waals surface area contributed by atoms with Gasteiger partial charge in [0.25, 0.3) is 0 Å². The number of aliphatic hydroxyl groups is 1. The molecule has 0 heterocycles. The van der Waals surface area contributed by atoms with E-state index in [-0.39, 0.29) is 5.92 Å². The summed E-state index contributed by atoms with van der Waals surface area (Å²) in [6.45, 7) is 10.9. The first-order valence-electron chi connectivity index (χ1n) is 5.51. The second-order valence-corrected chi connectivity index (χ2v) is 4.31. The van der Waals surface area contributed by atoms with Gasteiger partial charge in [-0.2, -0.15) is 0 Å². The van der Waals surface area contributed by atoms with E-state index in [0.717, 1.165) is 19.5 Å². The van der Waals surface area contributed by atoms with E-state index in [1.54, 1.807) is 0 Å². The van der Waals surface area contributed by atoms with Crippen LogP contribution in [0.2, 0.25) is 0 Å². The molecule has 0 saturated carbocycles. The number of hydrogen-bond donors (Lipinski definition) is 2. The minimum absolute atomic E-state index is 0.228. The van der Waals surface area contributed by atoms with E-state index in [2.05, 4.69) is 12.2 Å². The number of ether oxygens (including phenoxy) is 1. The van der Waals surface area contributed by atoms with Crippen LogP contribution >= 0.6 is 0 Å². The highest BCUT2D eigenvalue weighted by molar-refractivity contribution is 4.75. The van der Waals surface area contributed by atoms with Crippen LogP contribution in [0.5, 0.6) is 0 Å². The summed E-state index contributed by atoms with van der Waals surface area (Å²) in [7, 11) is 0. The normalized spacial score (nSPS) is 15.9. The van der Waals surface area contributed by atoms with E-state index >= 15 is 0 Å². The van der Waals surface area contributed by atoms with E-state index < -0.39 is 5.60 Å². The van der Waals surface area contributed by atoms with Crippen molar-refractivity contribution in [2.24, 2.45) is 5.92 Å². The van der Waals surface area contributed by atoms with Crippen LogP contribution in [-0.4, -0.2) is 37.0 Å². The van der Waals surface area contributed by atoms with E-state index in [1.807, 2.05) is 20.8 Å². The molecule has 1 atom stereocenters. The molecule has 0 saturated heterocycles. The molecule has 3 heteroatoms. The molecule has 0 rings (SSSR count). The summed E-state index contributed by atoms with van der Waals surface area (Å²) < 4.78 is 5.39. The quantitative estimate of drug-likeness (QED) is 0.586. The number of nitrogens with one attached hydrogen (secondary N) is 1. The lowest BCUT2D eigenvalue weighted by atomic mass is 9.94. The van der Waals surface area contributed by atoms with E-state index in [4.69, 9.17) is 4.74 Å². The predicted octanol–water partition coefficient (Wildman–Crippen LogP) is 1.41. The summed E-state index contributed by atoms with van der Waals surface area (Å²) in [5, 5.41) is 13.1. The Balaban J connectivity index is 3.35. The maximum atomic E-state index is 9.85. The molecule has 0 aliphatic rings. The van der Waals surface area contributed by atoms with Crippen molar-refractivity contribution in [3.8, 4) is 0 Å². The molecule has 14 heavy (non-hydrogen) atoms. The standard InChI is InChI=1S/C11H25NO2/c1-5-6-12-7-8-14-9-11(4,13)10(2)3/h10,12-13H,5-9H2,1-4H3. The highest BCUT2D eigenvalue weighted by atomic mass is 16.5. The molecule has 0 aromatic heterocycles. The maximum absolute atomic E-state index is 9.85. The van der Waals surface area contributed by atoms with E-state index in [0.29, 0.717) is 13.2 Å². The van der Waals surface area contributed by atoms with Gasteiger partial charge in [0.15, 0.2) is 0 Å². The van der Waals surface area contributed by atoms with Crippen LogP contribution < -0.4 is 5.32 Å². The molecule has 86 valence electrons. The molecular formula is C11H25NO2. The smallest absolute Gasteiger partial charge is 0.0874 e. The molecular weight excluding hydrogens is 178 g/mol. The Morgan fingerprint density at radius 1 is 1.36 bits per heavy atom. The van der Waals surface area contributed by atoms with Crippen molar-refractivity contribution in [3.63, 3.8) is 0 Å². The molecule has 2 N–H and O–H groups in total. The molecule has 0 aliphatic carbocycles. The minimum atomic E-state index is -0.704. The number of hydrogen-bond acceptors (Lipinski definition) is 3. The third kappa shape index (κ3) is 6.35. The van der Waals surface area contributed by atoms with Crippen molar-refractivity contribution < 1.29 is 9.84 Å². The van der Waals surface area contributed by atoms with Crippen LogP contribution in [0.25, 0.3) is 0 Å². The van der Waals surface area contributed by atoms with Gasteiger partial charge in [-0.05, 0) is 25.8 Å². The van der Waals surface area contributed by atoms with E-state index in [1.165, 1.54) is 0 Å². The fourth-order valence-electron chi connectivity index (χ4n) is 0.892. The Morgan fingerprint density at radius 3 is 2.50 bits per heavy atom. The SMILES string of the molecule is CCCNCCOCC(C)(O)C(C)C. The lowest BCUT2D eigenvalue weighted by Gasteiger charge is -2.27. The van der Waals surface area contributed by atoms with Crippen molar-refractivity contribution in [3.05, 3.63) is 0 Å². The second kappa shape index (κ2) is 7.21. The molecule has 3 nitrogen and oxygen atoms in total. The van der Waals surface area contributed by atoms with Gasteiger partial charge in [0.1, 0.15) is 0 Å². The fourth-order valence-corrected chi connectivity index (χ4v) is 0.892. The molecule has 0 spiro atoms. The molecule has 1 unspecified atom stereocenters. The molecule has 0 bridgehead atoms. The topological polar surface area (TPSA) is 41.5 Å². The van der Waals surface area contributed by atoms with Crippen LogP contribution in [0.15, 0.2) is 0 Å². The first-order chi connectivity index (χ1) is 6.50. The monoisotopic (exact) mass is 203 g/mol. The Labute approximate surface area is 87.8 Å². The second-order valence-electron chi connectivity index (χ2n) is 4.31. The lowest BCUT2D eigenvalue weighted by Crippen LogP contribution is -2.37. The Hall–Kier alpha value is -0.120. The van der Waals surface area contributed by atoms with Crippen molar-refractivity contribution in [2.75, 3.05) is 26.3 Å². The van der Waals surface area contributed by atoms with Crippen LogP contribution in [0, 0.1) is 5.92 Å². The zero-order valence-corrected chi connectivity index (χ0v) is 9.97. The van der Waals surface area contributed by atoms with Gasteiger partial charge < -0.3 is 15.2 Å². The summed E-state index contributed by atoms with van der Waals surface area (Å²) in [6.07, 6.45) is 1.14. The van der Waals surface area contributed by atoms with Crippen molar-refractivity contribution in [2.45, 2.75) is 39.7 Å². The van der Waals surface area contributed by atoms with Gasteiger partial charge in [-0.15, -0.1) is 0 Å². The summed E-state index contributed by atoms with van der Waals surface area (Å²) >= 11 is 0. The lowest BCUT2D eigenvalue weighted by molar-refractivity contribution is -0.0621. The van der Waals surface area contributed by atoms with Crippen LogP contribution in [0.3, 0.4) is 0 Å². The van der Waals surface area contributed by atoms with Crippen LogP contribution in [0.4, 0.5) is 0 Å². The zero-order valence-electron chi connectivity index (χ0n) is 9.97. The van der Waals surface area contributed by atoms with Gasteiger partial charge >= 0.3 is 0 Å². The minimum Gasteiger partial charge on any atom is -0.388 e. The van der Waals surface area contributed by atoms with Crippen molar-refractivity contribution in [1.82, 2.24) is 5.32 Å². The summed E-state index contributed by atoms with van der Waals surface area (Å²) in [6, 6.07) is 0. The Bertz CT molecular complexity index is 135. The van der Waals surface area contributed by atoms with Gasteiger partial charge in [0, 0.05) is 6.54 Å². The predicted molar refractivity (Wildman–Crippen MR) is 59.4 cm³/mol. The van der Waals surface area contributed by atoms with E-state index in [9.17, 15) is 5.11 Å². The maximum Gasteiger partial charge on any atom is 0.0874 e. The Morgan fingerprint density at radius 2 is 2.00 bits per heavy atom. The molecule has 0 amide bonds. The largest absolute Gasteiger partial charge is 0.388 e. The summed E-state index contributed by atoms with van der Waals surface area (Å²) in [5.74, 6) is 0.228. The number of rotatable bonds is 8. The van der Waals surface area contributed by atoms with Crippen molar-refractivity contribution in [1.29, 1.82) is 0 Å². The highest BCUT2D eigenvalue weighted by Crippen LogP contribution is 2.15. The molecule has 0 radical (unpaired) electrons. The van der Waals surface area contributed by atoms with Gasteiger partial charge in [-0.25, -0.2) is 0 Å². The molecule has 0 aromatic rings. The van der Waals surface area contributed by atoms with Gasteiger partial charge in [0.2, 0.25) is 0 Å². The fraction of sp³-hybridized carbons (Fsp3) is 1.00. The summed E-state index contributed by atoms with van der Waals surface area (Å²) in [4.78, 5) is 0. The van der Waals surface area contributed by atoms with Gasteiger partial charge in [-0.3, -0.25) is 0 Å². The van der Waals surface area contributed by atoms with Gasteiger partial charge in [-0.1, -0.05) is 20.8 Å².